The molecule has 0 spiro atoms. The minimum atomic E-state index is -0.423. The van der Waals surface area contributed by atoms with Crippen LogP contribution in [0.25, 0.3) is 0 Å². The van der Waals surface area contributed by atoms with Crippen molar-refractivity contribution in [3.05, 3.63) is 12.7 Å². The summed E-state index contributed by atoms with van der Waals surface area (Å²) in [5, 5.41) is 3.28. The third-order valence-electron chi connectivity index (χ3n) is 2.92. The highest BCUT2D eigenvalue weighted by Crippen LogP contribution is 2.19. The summed E-state index contributed by atoms with van der Waals surface area (Å²) in [5.41, 5.74) is -0.423. The second-order valence-corrected chi connectivity index (χ2v) is 5.77. The number of rotatable bonds is 4. The van der Waals surface area contributed by atoms with Gasteiger partial charge in [0.1, 0.15) is 5.60 Å². The van der Waals surface area contributed by atoms with E-state index in [1.165, 1.54) is 6.42 Å². The van der Waals surface area contributed by atoms with Crippen LogP contribution in [0.2, 0.25) is 0 Å². The Kier molecular flexibility index (Phi) is 5.66. The van der Waals surface area contributed by atoms with E-state index in [-0.39, 0.29) is 12.1 Å². The maximum atomic E-state index is 12.1. The molecule has 1 amide bonds. The highest BCUT2D eigenvalue weighted by atomic mass is 16.6. The lowest BCUT2D eigenvalue weighted by Crippen LogP contribution is -2.50. The molecular weight excluding hydrogens is 228 g/mol. The van der Waals surface area contributed by atoms with Crippen LogP contribution < -0.4 is 5.32 Å². The highest BCUT2D eigenvalue weighted by Gasteiger charge is 2.29. The van der Waals surface area contributed by atoms with Gasteiger partial charge in [0.2, 0.25) is 0 Å². The van der Waals surface area contributed by atoms with E-state index in [1.807, 2.05) is 31.7 Å². The lowest BCUT2D eigenvalue weighted by molar-refractivity contribution is 0.0101. The molecule has 0 aromatic rings. The molecule has 1 aliphatic heterocycles. The van der Waals surface area contributed by atoms with E-state index < -0.39 is 5.60 Å². The first-order valence-corrected chi connectivity index (χ1v) is 6.75. The van der Waals surface area contributed by atoms with Gasteiger partial charge in [-0.15, -0.1) is 6.58 Å². The summed E-state index contributed by atoms with van der Waals surface area (Å²) in [6, 6.07) is 0.244. The minimum Gasteiger partial charge on any atom is -0.444 e. The molecule has 1 rings (SSSR count). The van der Waals surface area contributed by atoms with Crippen LogP contribution in [0.15, 0.2) is 12.7 Å². The van der Waals surface area contributed by atoms with Crippen molar-refractivity contribution in [3.63, 3.8) is 0 Å². The Hall–Kier alpha value is -1.03. The van der Waals surface area contributed by atoms with Crippen LogP contribution in [0.4, 0.5) is 4.79 Å². The third-order valence-corrected chi connectivity index (χ3v) is 2.92. The Bertz CT molecular complexity index is 284. The number of piperidine rings is 1. The fraction of sp³-hybridized carbons (Fsp3) is 0.786. The van der Waals surface area contributed by atoms with Crippen LogP contribution in [0, 0.1) is 0 Å². The summed E-state index contributed by atoms with van der Waals surface area (Å²) in [4.78, 5) is 14.0. The maximum absolute atomic E-state index is 12.1. The zero-order valence-electron chi connectivity index (χ0n) is 11.9. The number of carbonyl (C=O) groups excluding carboxylic acids is 1. The molecule has 4 heteroatoms. The van der Waals surface area contributed by atoms with Gasteiger partial charge < -0.3 is 15.0 Å². The summed E-state index contributed by atoms with van der Waals surface area (Å²) < 4.78 is 5.45. The number of likely N-dealkylation sites (tertiary alicyclic amines) is 1. The first kappa shape index (κ1) is 15.0. The molecule has 18 heavy (non-hydrogen) atoms. The highest BCUT2D eigenvalue weighted by molar-refractivity contribution is 5.68. The summed E-state index contributed by atoms with van der Waals surface area (Å²) in [6.07, 6.45) is 4.94. The zero-order chi connectivity index (χ0) is 13.6. The van der Waals surface area contributed by atoms with Crippen molar-refractivity contribution in [1.82, 2.24) is 10.2 Å². The van der Waals surface area contributed by atoms with E-state index >= 15 is 0 Å². The van der Waals surface area contributed by atoms with Gasteiger partial charge in [0.15, 0.2) is 0 Å². The Morgan fingerprint density at radius 2 is 2.22 bits per heavy atom. The van der Waals surface area contributed by atoms with Crippen LogP contribution in [-0.2, 0) is 4.74 Å². The molecule has 0 radical (unpaired) electrons. The van der Waals surface area contributed by atoms with Crippen LogP contribution >= 0.6 is 0 Å². The summed E-state index contributed by atoms with van der Waals surface area (Å²) in [6.45, 7) is 11.8. The van der Waals surface area contributed by atoms with Gasteiger partial charge in [0.05, 0.1) is 0 Å². The van der Waals surface area contributed by atoms with Crippen molar-refractivity contribution in [2.45, 2.75) is 51.7 Å². The van der Waals surface area contributed by atoms with Crippen molar-refractivity contribution < 1.29 is 9.53 Å². The van der Waals surface area contributed by atoms with E-state index in [9.17, 15) is 4.79 Å². The second-order valence-electron chi connectivity index (χ2n) is 5.77. The first-order valence-electron chi connectivity index (χ1n) is 6.75. The van der Waals surface area contributed by atoms with Gasteiger partial charge >= 0.3 is 6.09 Å². The molecule has 0 aromatic heterocycles. The molecule has 0 bridgehead atoms. The standard InChI is InChI=1S/C14H26N2O2/c1-5-9-15-11-12-8-6-7-10-16(12)13(17)18-14(2,3)4/h5,12,15H,1,6-11H2,2-4H3. The van der Waals surface area contributed by atoms with Crippen molar-refractivity contribution in [2.24, 2.45) is 0 Å². The van der Waals surface area contributed by atoms with Gasteiger partial charge in [-0.25, -0.2) is 4.79 Å². The number of ether oxygens (including phenoxy) is 1. The number of amides is 1. The van der Waals surface area contributed by atoms with Crippen LogP contribution in [-0.4, -0.2) is 42.3 Å². The average Bonchev–Trinajstić information content (AvgIpc) is 2.27. The molecule has 104 valence electrons. The molecule has 1 unspecified atom stereocenters. The Balaban J connectivity index is 2.52. The topological polar surface area (TPSA) is 41.6 Å². The summed E-state index contributed by atoms with van der Waals surface area (Å²) >= 11 is 0. The molecule has 4 nitrogen and oxygen atoms in total. The van der Waals surface area contributed by atoms with Gasteiger partial charge in [0, 0.05) is 25.7 Å². The molecule has 1 saturated heterocycles. The zero-order valence-corrected chi connectivity index (χ0v) is 11.9. The number of nitrogens with one attached hydrogen (secondary N) is 1. The fourth-order valence-electron chi connectivity index (χ4n) is 2.13. The van der Waals surface area contributed by atoms with Crippen molar-refractivity contribution in [2.75, 3.05) is 19.6 Å². The van der Waals surface area contributed by atoms with Crippen molar-refractivity contribution >= 4 is 6.09 Å². The predicted molar refractivity (Wildman–Crippen MR) is 73.6 cm³/mol. The van der Waals surface area contributed by atoms with Gasteiger partial charge in [-0.05, 0) is 40.0 Å². The molecule has 1 fully saturated rings. The summed E-state index contributed by atoms with van der Waals surface area (Å²) in [5.74, 6) is 0. The van der Waals surface area contributed by atoms with E-state index in [0.29, 0.717) is 0 Å². The van der Waals surface area contributed by atoms with Crippen LogP contribution in [0.5, 0.6) is 0 Å². The molecule has 1 N–H and O–H groups in total. The molecular formula is C14H26N2O2. The molecule has 1 aliphatic rings. The van der Waals surface area contributed by atoms with Crippen LogP contribution in [0.1, 0.15) is 40.0 Å². The lowest BCUT2D eigenvalue weighted by Gasteiger charge is -2.36. The molecule has 1 atom stereocenters. The second kappa shape index (κ2) is 6.78. The fourth-order valence-corrected chi connectivity index (χ4v) is 2.13. The van der Waals surface area contributed by atoms with Crippen molar-refractivity contribution in [3.8, 4) is 0 Å². The van der Waals surface area contributed by atoms with E-state index in [2.05, 4.69) is 11.9 Å². The van der Waals surface area contributed by atoms with E-state index in [1.54, 1.807) is 0 Å². The van der Waals surface area contributed by atoms with Gasteiger partial charge in [-0.3, -0.25) is 0 Å². The Morgan fingerprint density at radius 1 is 1.50 bits per heavy atom. The SMILES string of the molecule is C=CCNCC1CCCCN1C(=O)OC(C)(C)C. The van der Waals surface area contributed by atoms with E-state index in [4.69, 9.17) is 4.74 Å². The number of carbonyl (C=O) groups is 1. The minimum absolute atomic E-state index is 0.187. The smallest absolute Gasteiger partial charge is 0.410 e. The Labute approximate surface area is 110 Å². The number of nitrogens with zero attached hydrogens (tertiary/aromatic N) is 1. The predicted octanol–water partition coefficient (Wildman–Crippen LogP) is 2.55. The summed E-state index contributed by atoms with van der Waals surface area (Å²) in [7, 11) is 0. The first-order chi connectivity index (χ1) is 8.44. The van der Waals surface area contributed by atoms with E-state index in [0.717, 1.165) is 32.5 Å². The van der Waals surface area contributed by atoms with Gasteiger partial charge in [-0.2, -0.15) is 0 Å². The molecule has 0 saturated carbocycles. The Morgan fingerprint density at radius 3 is 2.83 bits per heavy atom. The lowest BCUT2D eigenvalue weighted by atomic mass is 10.0. The third kappa shape index (κ3) is 5.08. The largest absolute Gasteiger partial charge is 0.444 e. The average molecular weight is 254 g/mol. The monoisotopic (exact) mass is 254 g/mol. The molecule has 0 aromatic carbocycles. The van der Waals surface area contributed by atoms with Gasteiger partial charge in [0.25, 0.3) is 0 Å². The van der Waals surface area contributed by atoms with Gasteiger partial charge in [-0.1, -0.05) is 6.08 Å². The molecule has 0 aliphatic carbocycles. The van der Waals surface area contributed by atoms with Crippen molar-refractivity contribution in [1.29, 1.82) is 0 Å². The quantitative estimate of drug-likeness (QED) is 0.619. The maximum Gasteiger partial charge on any atom is 0.410 e. The van der Waals surface area contributed by atoms with Crippen LogP contribution in [0.3, 0.4) is 0 Å². The molecule has 1 heterocycles. The number of hydrogen-bond acceptors (Lipinski definition) is 3. The number of hydrogen-bond donors (Lipinski definition) is 1. The normalized spacial score (nSPS) is 20.6.